The molecule has 0 radical (unpaired) electrons. The van der Waals surface area contributed by atoms with Crippen LogP contribution in [0.1, 0.15) is 34.4 Å². The fraction of sp³-hybridized carbons (Fsp3) is 0.423. The van der Waals surface area contributed by atoms with Crippen LogP contribution in [0, 0.1) is 33.6 Å². The lowest BCUT2D eigenvalue weighted by atomic mass is 10.1. The molecule has 4 rings (SSSR count). The smallest absolute Gasteiger partial charge is 0.272 e. The molecule has 0 bridgehead atoms. The van der Waals surface area contributed by atoms with Gasteiger partial charge in [0.05, 0.1) is 11.0 Å². The van der Waals surface area contributed by atoms with Gasteiger partial charge in [-0.2, -0.15) is 0 Å². The molecule has 0 aliphatic carbocycles. The molecule has 0 unspecified atom stereocenters. The molecular weight excluding hydrogens is 400 g/mol. The molecule has 1 amide bonds. The van der Waals surface area contributed by atoms with E-state index in [1.165, 1.54) is 11.1 Å². The number of fused-ring (bicyclic) bond motifs is 1. The average molecular weight is 433 g/mol. The van der Waals surface area contributed by atoms with Gasteiger partial charge in [-0.05, 0) is 75.4 Å². The van der Waals surface area contributed by atoms with E-state index < -0.39 is 0 Å². The fourth-order valence-corrected chi connectivity index (χ4v) is 4.41. The number of hydrogen-bond acceptors (Lipinski definition) is 4. The molecular formula is C26H32N4O2. The minimum absolute atomic E-state index is 0.0149. The van der Waals surface area contributed by atoms with Gasteiger partial charge in [-0.1, -0.05) is 29.8 Å². The summed E-state index contributed by atoms with van der Waals surface area (Å²) < 4.78 is 1.55. The summed E-state index contributed by atoms with van der Waals surface area (Å²) in [4.78, 5) is 32.3. The van der Waals surface area contributed by atoms with E-state index in [2.05, 4.69) is 46.4 Å². The molecule has 32 heavy (non-hydrogen) atoms. The number of carbonyl (C=O) groups is 1. The van der Waals surface area contributed by atoms with Crippen LogP contribution >= 0.6 is 0 Å². The second kappa shape index (κ2) is 9.25. The van der Waals surface area contributed by atoms with Crippen molar-refractivity contribution in [1.82, 2.24) is 19.8 Å². The van der Waals surface area contributed by atoms with Crippen LogP contribution in [-0.4, -0.2) is 40.0 Å². The maximum atomic E-state index is 12.7. The second-order valence-corrected chi connectivity index (χ2v) is 9.19. The summed E-state index contributed by atoms with van der Waals surface area (Å²) in [5, 5.41) is 3.06. The highest BCUT2D eigenvalue weighted by Crippen LogP contribution is 2.19. The molecule has 1 fully saturated rings. The fourth-order valence-electron chi connectivity index (χ4n) is 4.41. The number of nitrogens with zero attached hydrogens (tertiary/aromatic N) is 3. The molecule has 1 aliphatic rings. The number of carbonyl (C=O) groups excluding carboxylic acids is 1. The first-order valence-corrected chi connectivity index (χ1v) is 11.3. The Morgan fingerprint density at radius 3 is 2.56 bits per heavy atom. The SMILES string of the molecule is Cc1ccc(CN2CC[C@H](CNC(=O)Cn3c(=O)c(C)nc4cc(C)c(C)cc43)C2)cc1. The number of nitrogens with one attached hydrogen (secondary N) is 1. The highest BCUT2D eigenvalue weighted by Gasteiger charge is 2.23. The lowest BCUT2D eigenvalue weighted by molar-refractivity contribution is -0.121. The van der Waals surface area contributed by atoms with E-state index in [0.717, 1.165) is 42.7 Å². The number of aryl methyl sites for hydroxylation is 4. The molecule has 1 aliphatic heterocycles. The Hall–Kier alpha value is -2.99. The van der Waals surface area contributed by atoms with Gasteiger partial charge in [0.2, 0.25) is 5.91 Å². The first-order valence-electron chi connectivity index (χ1n) is 11.3. The second-order valence-electron chi connectivity index (χ2n) is 9.19. The molecule has 2 heterocycles. The summed E-state index contributed by atoms with van der Waals surface area (Å²) in [6.07, 6.45) is 1.07. The van der Waals surface area contributed by atoms with E-state index in [4.69, 9.17) is 0 Å². The Labute approximate surface area is 189 Å². The Bertz CT molecular complexity index is 1200. The van der Waals surface area contributed by atoms with Crippen molar-refractivity contribution in [3.63, 3.8) is 0 Å². The van der Waals surface area contributed by atoms with Crippen LogP contribution in [0.25, 0.3) is 11.0 Å². The van der Waals surface area contributed by atoms with Gasteiger partial charge in [0.1, 0.15) is 12.2 Å². The molecule has 1 aromatic heterocycles. The van der Waals surface area contributed by atoms with E-state index in [9.17, 15) is 9.59 Å². The van der Waals surface area contributed by atoms with E-state index in [0.29, 0.717) is 23.7 Å². The molecule has 6 nitrogen and oxygen atoms in total. The quantitative estimate of drug-likeness (QED) is 0.649. The summed E-state index contributed by atoms with van der Waals surface area (Å²) in [7, 11) is 0. The van der Waals surface area contributed by atoms with Crippen LogP contribution in [0.2, 0.25) is 0 Å². The number of hydrogen-bond donors (Lipinski definition) is 1. The Morgan fingerprint density at radius 1 is 1.09 bits per heavy atom. The van der Waals surface area contributed by atoms with Gasteiger partial charge in [-0.15, -0.1) is 0 Å². The van der Waals surface area contributed by atoms with Gasteiger partial charge < -0.3 is 5.32 Å². The maximum Gasteiger partial charge on any atom is 0.272 e. The highest BCUT2D eigenvalue weighted by atomic mass is 16.2. The van der Waals surface area contributed by atoms with Gasteiger partial charge in [-0.3, -0.25) is 19.1 Å². The molecule has 0 spiro atoms. The van der Waals surface area contributed by atoms with Crippen molar-refractivity contribution < 1.29 is 4.79 Å². The van der Waals surface area contributed by atoms with Crippen molar-refractivity contribution in [1.29, 1.82) is 0 Å². The van der Waals surface area contributed by atoms with Crippen LogP contribution < -0.4 is 10.9 Å². The van der Waals surface area contributed by atoms with E-state index in [1.54, 1.807) is 11.5 Å². The van der Waals surface area contributed by atoms with E-state index in [1.807, 2.05) is 26.0 Å². The van der Waals surface area contributed by atoms with E-state index in [-0.39, 0.29) is 18.0 Å². The molecule has 1 atom stereocenters. The molecule has 3 aromatic rings. The summed E-state index contributed by atoms with van der Waals surface area (Å²) in [5.41, 5.74) is 6.47. The van der Waals surface area contributed by atoms with Crippen LogP contribution in [0.15, 0.2) is 41.2 Å². The van der Waals surface area contributed by atoms with Crippen LogP contribution in [0.5, 0.6) is 0 Å². The van der Waals surface area contributed by atoms with Crippen molar-refractivity contribution in [2.75, 3.05) is 19.6 Å². The number of benzene rings is 2. The summed E-state index contributed by atoms with van der Waals surface area (Å²) in [6.45, 7) is 11.5. The molecule has 6 heteroatoms. The normalized spacial score (nSPS) is 16.6. The molecule has 1 N–H and O–H groups in total. The molecule has 168 valence electrons. The van der Waals surface area contributed by atoms with Gasteiger partial charge >= 0.3 is 0 Å². The largest absolute Gasteiger partial charge is 0.354 e. The first kappa shape index (κ1) is 22.2. The van der Waals surface area contributed by atoms with Gasteiger partial charge in [-0.25, -0.2) is 4.98 Å². The average Bonchev–Trinajstić information content (AvgIpc) is 3.20. The van der Waals surface area contributed by atoms with Crippen molar-refractivity contribution in [3.8, 4) is 0 Å². The van der Waals surface area contributed by atoms with Crippen molar-refractivity contribution in [2.24, 2.45) is 5.92 Å². The third kappa shape index (κ3) is 4.91. The lowest BCUT2D eigenvalue weighted by Crippen LogP contribution is -2.36. The minimum atomic E-state index is -0.207. The zero-order chi connectivity index (χ0) is 22.8. The predicted molar refractivity (Wildman–Crippen MR) is 128 cm³/mol. The zero-order valence-electron chi connectivity index (χ0n) is 19.4. The van der Waals surface area contributed by atoms with Gasteiger partial charge in [0.15, 0.2) is 0 Å². The van der Waals surface area contributed by atoms with Crippen LogP contribution in [0.4, 0.5) is 0 Å². The predicted octanol–water partition coefficient (Wildman–Crippen LogP) is 3.27. The third-order valence-electron chi connectivity index (χ3n) is 6.51. The molecule has 1 saturated heterocycles. The van der Waals surface area contributed by atoms with Crippen molar-refractivity contribution >= 4 is 16.9 Å². The summed E-state index contributed by atoms with van der Waals surface area (Å²) >= 11 is 0. The zero-order valence-corrected chi connectivity index (χ0v) is 19.4. The third-order valence-corrected chi connectivity index (χ3v) is 6.51. The molecule has 2 aromatic carbocycles. The topological polar surface area (TPSA) is 67.2 Å². The maximum absolute atomic E-state index is 12.7. The Balaban J connectivity index is 1.37. The Morgan fingerprint density at radius 2 is 1.81 bits per heavy atom. The van der Waals surface area contributed by atoms with Crippen LogP contribution in [-0.2, 0) is 17.9 Å². The van der Waals surface area contributed by atoms with Crippen molar-refractivity contribution in [3.05, 3.63) is 74.7 Å². The van der Waals surface area contributed by atoms with E-state index >= 15 is 0 Å². The number of amides is 1. The Kier molecular flexibility index (Phi) is 6.42. The standard InChI is InChI=1S/C26H32N4O2/c1-17-5-7-21(8-6-17)14-29-10-9-22(15-29)13-27-25(31)16-30-24-12-19(3)18(2)11-23(24)28-20(4)26(30)32/h5-8,11-12,22H,9-10,13-16H2,1-4H3,(H,27,31)/t22-/m1/s1. The summed E-state index contributed by atoms with van der Waals surface area (Å²) in [5.74, 6) is 0.302. The minimum Gasteiger partial charge on any atom is -0.354 e. The lowest BCUT2D eigenvalue weighted by Gasteiger charge is -2.17. The first-order chi connectivity index (χ1) is 15.3. The van der Waals surface area contributed by atoms with Crippen LogP contribution in [0.3, 0.4) is 0 Å². The monoisotopic (exact) mass is 432 g/mol. The number of aromatic nitrogens is 2. The highest BCUT2D eigenvalue weighted by molar-refractivity contribution is 5.81. The number of rotatable bonds is 6. The summed E-state index contributed by atoms with van der Waals surface area (Å²) in [6, 6.07) is 12.6. The van der Waals surface area contributed by atoms with Gasteiger partial charge in [0, 0.05) is 19.6 Å². The van der Waals surface area contributed by atoms with Gasteiger partial charge in [0.25, 0.3) is 5.56 Å². The van der Waals surface area contributed by atoms with Crippen molar-refractivity contribution in [2.45, 2.75) is 47.2 Å². The number of likely N-dealkylation sites (tertiary alicyclic amines) is 1. The molecule has 0 saturated carbocycles.